The van der Waals surface area contributed by atoms with Crippen LogP contribution in [0.3, 0.4) is 0 Å². The summed E-state index contributed by atoms with van der Waals surface area (Å²) in [4.78, 5) is 10.9. The van der Waals surface area contributed by atoms with Crippen molar-refractivity contribution < 1.29 is 19.4 Å². The summed E-state index contributed by atoms with van der Waals surface area (Å²) in [5.74, 6) is 1.13. The number of methoxy groups -OCH3 is 2. The van der Waals surface area contributed by atoms with Crippen molar-refractivity contribution in [3.8, 4) is 11.5 Å². The highest BCUT2D eigenvalue weighted by Crippen LogP contribution is 2.36. The van der Waals surface area contributed by atoms with Crippen LogP contribution in [-0.4, -0.2) is 37.1 Å². The van der Waals surface area contributed by atoms with Gasteiger partial charge in [-0.15, -0.1) is 11.8 Å². The van der Waals surface area contributed by atoms with Crippen molar-refractivity contribution in [1.29, 1.82) is 0 Å². The molecule has 2 atom stereocenters. The molecule has 0 spiro atoms. The number of ether oxygens (including phenoxy) is 2. The number of carboxylic acid groups (broad SMARTS) is 1. The molecular weight excluding hydrogens is 254 g/mol. The Morgan fingerprint density at radius 1 is 1.33 bits per heavy atom. The molecule has 0 amide bonds. The predicted molar refractivity (Wildman–Crippen MR) is 69.3 cm³/mol. The van der Waals surface area contributed by atoms with Crippen LogP contribution < -0.4 is 14.8 Å². The summed E-state index contributed by atoms with van der Waals surface area (Å²) in [5, 5.41) is 12.0. The minimum atomic E-state index is -0.820. The lowest BCUT2D eigenvalue weighted by molar-refractivity contribution is -0.138. The highest BCUT2D eigenvalue weighted by Gasteiger charge is 2.30. The standard InChI is InChI=1S/C12H15NO4S/c1-16-8-3-7(4-9(5-8)17-2)11-13-10(6-18-11)12(14)15/h3-5,10-11,13H,6H2,1-2H3,(H,14,15)/t10-,11-/m0/s1. The number of benzene rings is 1. The van der Waals surface area contributed by atoms with Crippen molar-refractivity contribution in [3.05, 3.63) is 23.8 Å². The zero-order valence-corrected chi connectivity index (χ0v) is 11.0. The maximum atomic E-state index is 10.9. The average molecular weight is 269 g/mol. The van der Waals surface area contributed by atoms with E-state index in [0.717, 1.165) is 5.56 Å². The number of hydrogen-bond acceptors (Lipinski definition) is 5. The Balaban J connectivity index is 2.20. The Hall–Kier alpha value is -1.40. The molecule has 2 N–H and O–H groups in total. The first-order chi connectivity index (χ1) is 8.63. The summed E-state index contributed by atoms with van der Waals surface area (Å²) < 4.78 is 10.4. The van der Waals surface area contributed by atoms with Gasteiger partial charge in [-0.05, 0) is 17.7 Å². The van der Waals surface area contributed by atoms with Gasteiger partial charge in [0.2, 0.25) is 0 Å². The van der Waals surface area contributed by atoms with Crippen molar-refractivity contribution in [2.75, 3.05) is 20.0 Å². The molecule has 0 radical (unpaired) electrons. The van der Waals surface area contributed by atoms with Gasteiger partial charge in [0.15, 0.2) is 0 Å². The fourth-order valence-electron chi connectivity index (χ4n) is 1.79. The van der Waals surface area contributed by atoms with Crippen LogP contribution in [0.15, 0.2) is 18.2 Å². The van der Waals surface area contributed by atoms with Gasteiger partial charge in [0, 0.05) is 11.8 Å². The Labute approximate surface area is 109 Å². The lowest BCUT2D eigenvalue weighted by Gasteiger charge is -2.14. The van der Waals surface area contributed by atoms with E-state index in [1.165, 1.54) is 0 Å². The fraction of sp³-hybridized carbons (Fsp3) is 0.417. The molecule has 1 aliphatic rings. The second kappa shape index (κ2) is 5.49. The third-order valence-electron chi connectivity index (χ3n) is 2.76. The zero-order valence-electron chi connectivity index (χ0n) is 10.2. The largest absolute Gasteiger partial charge is 0.497 e. The van der Waals surface area contributed by atoms with Gasteiger partial charge in [0.25, 0.3) is 0 Å². The smallest absolute Gasteiger partial charge is 0.321 e. The number of carbonyl (C=O) groups is 1. The lowest BCUT2D eigenvalue weighted by Crippen LogP contribution is -2.33. The molecule has 0 bridgehead atoms. The summed E-state index contributed by atoms with van der Waals surface area (Å²) in [6.45, 7) is 0. The molecule has 1 aromatic carbocycles. The summed E-state index contributed by atoms with van der Waals surface area (Å²) >= 11 is 1.57. The molecule has 0 aliphatic carbocycles. The van der Waals surface area contributed by atoms with E-state index in [9.17, 15) is 4.79 Å². The molecule has 1 aliphatic heterocycles. The number of rotatable bonds is 4. The van der Waals surface area contributed by atoms with Crippen molar-refractivity contribution in [2.24, 2.45) is 0 Å². The van der Waals surface area contributed by atoms with Gasteiger partial charge in [-0.2, -0.15) is 0 Å². The second-order valence-corrected chi connectivity index (χ2v) is 5.05. The van der Waals surface area contributed by atoms with Crippen LogP contribution >= 0.6 is 11.8 Å². The van der Waals surface area contributed by atoms with E-state index in [1.807, 2.05) is 12.1 Å². The van der Waals surface area contributed by atoms with Crippen LogP contribution in [0.2, 0.25) is 0 Å². The Bertz CT molecular complexity index is 429. The van der Waals surface area contributed by atoms with Gasteiger partial charge in [-0.25, -0.2) is 0 Å². The Morgan fingerprint density at radius 3 is 2.39 bits per heavy atom. The topological polar surface area (TPSA) is 67.8 Å². The van der Waals surface area contributed by atoms with E-state index in [-0.39, 0.29) is 5.37 Å². The third kappa shape index (κ3) is 2.70. The number of carboxylic acids is 1. The van der Waals surface area contributed by atoms with E-state index in [0.29, 0.717) is 17.3 Å². The SMILES string of the molecule is COc1cc(OC)cc([C@H]2N[C@H](C(=O)O)CS2)c1. The normalized spacial score (nSPS) is 22.8. The number of nitrogens with one attached hydrogen (secondary N) is 1. The summed E-state index contributed by atoms with van der Waals surface area (Å²) in [7, 11) is 3.18. The van der Waals surface area contributed by atoms with Crippen LogP contribution in [0.1, 0.15) is 10.9 Å². The first-order valence-electron chi connectivity index (χ1n) is 5.47. The van der Waals surface area contributed by atoms with Gasteiger partial charge in [0.1, 0.15) is 17.5 Å². The molecule has 6 heteroatoms. The maximum absolute atomic E-state index is 10.9. The van der Waals surface area contributed by atoms with Crippen molar-refractivity contribution in [3.63, 3.8) is 0 Å². The zero-order chi connectivity index (χ0) is 13.1. The minimum Gasteiger partial charge on any atom is -0.497 e. The van der Waals surface area contributed by atoms with Crippen molar-refractivity contribution in [1.82, 2.24) is 5.32 Å². The first-order valence-corrected chi connectivity index (χ1v) is 6.52. The molecule has 0 unspecified atom stereocenters. The number of thioether (sulfide) groups is 1. The summed E-state index contributed by atoms with van der Waals surface area (Å²) in [6.07, 6.45) is 0. The highest BCUT2D eigenvalue weighted by atomic mass is 32.2. The van der Waals surface area contributed by atoms with Crippen molar-refractivity contribution >= 4 is 17.7 Å². The molecule has 1 aromatic rings. The van der Waals surface area contributed by atoms with Crippen LogP contribution in [0, 0.1) is 0 Å². The molecule has 1 saturated heterocycles. The van der Waals surface area contributed by atoms with Crippen molar-refractivity contribution in [2.45, 2.75) is 11.4 Å². The van der Waals surface area contributed by atoms with Gasteiger partial charge < -0.3 is 14.6 Å². The molecule has 98 valence electrons. The van der Waals surface area contributed by atoms with E-state index in [4.69, 9.17) is 14.6 Å². The molecule has 0 saturated carbocycles. The number of aliphatic carboxylic acids is 1. The molecule has 1 fully saturated rings. The van der Waals surface area contributed by atoms with E-state index in [1.54, 1.807) is 32.0 Å². The van der Waals surface area contributed by atoms with E-state index >= 15 is 0 Å². The van der Waals surface area contributed by atoms with E-state index < -0.39 is 12.0 Å². The fourth-order valence-corrected chi connectivity index (χ4v) is 3.00. The number of hydrogen-bond donors (Lipinski definition) is 2. The monoisotopic (exact) mass is 269 g/mol. The lowest BCUT2D eigenvalue weighted by atomic mass is 10.2. The molecular formula is C12H15NO4S. The predicted octanol–water partition coefficient (Wildman–Crippen LogP) is 1.49. The van der Waals surface area contributed by atoms with Crippen LogP contribution in [0.25, 0.3) is 0 Å². The van der Waals surface area contributed by atoms with Crippen LogP contribution in [0.5, 0.6) is 11.5 Å². The molecule has 1 heterocycles. The Morgan fingerprint density at radius 2 is 1.94 bits per heavy atom. The van der Waals surface area contributed by atoms with Gasteiger partial charge in [-0.1, -0.05) is 0 Å². The Kier molecular flexibility index (Phi) is 3.98. The molecule has 0 aromatic heterocycles. The van der Waals surface area contributed by atoms with E-state index in [2.05, 4.69) is 5.32 Å². The third-order valence-corrected chi connectivity index (χ3v) is 4.02. The highest BCUT2D eigenvalue weighted by molar-refractivity contribution is 7.99. The summed E-state index contributed by atoms with van der Waals surface area (Å²) in [6, 6.07) is 5.06. The quantitative estimate of drug-likeness (QED) is 0.863. The maximum Gasteiger partial charge on any atom is 0.321 e. The van der Waals surface area contributed by atoms with Crippen LogP contribution in [-0.2, 0) is 4.79 Å². The average Bonchev–Trinajstić information content (AvgIpc) is 2.87. The first kappa shape index (κ1) is 13.0. The second-order valence-electron chi connectivity index (χ2n) is 3.92. The van der Waals surface area contributed by atoms with Gasteiger partial charge in [-0.3, -0.25) is 10.1 Å². The summed E-state index contributed by atoms with van der Waals surface area (Å²) in [5.41, 5.74) is 0.958. The molecule has 18 heavy (non-hydrogen) atoms. The molecule has 5 nitrogen and oxygen atoms in total. The molecule has 2 rings (SSSR count). The van der Waals surface area contributed by atoms with Gasteiger partial charge in [0.05, 0.1) is 19.6 Å². The minimum absolute atomic E-state index is 0.0462. The van der Waals surface area contributed by atoms with Crippen LogP contribution in [0.4, 0.5) is 0 Å². The van der Waals surface area contributed by atoms with Gasteiger partial charge >= 0.3 is 5.97 Å².